The van der Waals surface area contributed by atoms with Crippen molar-refractivity contribution in [2.24, 2.45) is 0 Å². The van der Waals surface area contributed by atoms with E-state index in [1.54, 1.807) is 6.07 Å². The molecular formula is C58H43NW. The van der Waals surface area contributed by atoms with Gasteiger partial charge < -0.3 is 0 Å². The third kappa shape index (κ3) is 12.8. The van der Waals surface area contributed by atoms with Gasteiger partial charge in [0.1, 0.15) is 0 Å². The van der Waals surface area contributed by atoms with Gasteiger partial charge in [0, 0.05) is 50.2 Å². The Morgan fingerprint density at radius 3 is 0.533 bits per heavy atom. The Bertz CT molecular complexity index is 2330. The van der Waals surface area contributed by atoms with Gasteiger partial charge in [-0.2, -0.15) is 5.26 Å². The molecule has 0 atom stereocenters. The van der Waals surface area contributed by atoms with Gasteiger partial charge >= 0.3 is 0 Å². The molecular weight excluding hydrogens is 894 g/mol. The summed E-state index contributed by atoms with van der Waals surface area (Å²) in [5.41, 5.74) is 14.6. The van der Waals surface area contributed by atoms with Crippen LogP contribution >= 0.6 is 0 Å². The molecule has 1 nitrogen and oxygen atoms in total. The molecule has 0 radical (unpaired) electrons. The maximum Gasteiger partial charge on any atom is 0.0587 e. The Morgan fingerprint density at radius 1 is 0.250 bits per heavy atom. The van der Waals surface area contributed by atoms with Crippen LogP contribution in [0, 0.1) is 35.0 Å². The number of nitriles is 1. The van der Waals surface area contributed by atoms with Crippen molar-refractivity contribution in [1.82, 2.24) is 0 Å². The van der Waals surface area contributed by atoms with E-state index >= 15 is 0 Å². The third-order valence-electron chi connectivity index (χ3n) is 9.05. The van der Waals surface area contributed by atoms with Crippen molar-refractivity contribution in [3.05, 3.63) is 287 Å². The minimum Gasteiger partial charge on any atom is -0.199 e. The minimum absolute atomic E-state index is 0. The summed E-state index contributed by atoms with van der Waals surface area (Å²) < 4.78 is 0. The zero-order valence-corrected chi connectivity index (χ0v) is 36.4. The quantitative estimate of drug-likeness (QED) is 0.161. The average Bonchev–Trinajstić information content (AvgIpc) is 3.31. The number of hydrogen-bond donors (Lipinski definition) is 0. The van der Waals surface area contributed by atoms with Crippen molar-refractivity contribution in [3.8, 4) is 29.8 Å². The molecule has 2 heteroatoms. The second kappa shape index (κ2) is 24.3. The van der Waals surface area contributed by atoms with Crippen LogP contribution in [0.5, 0.6) is 0 Å². The molecule has 0 saturated heterocycles. The largest absolute Gasteiger partial charge is 0.199 e. The molecule has 9 rings (SSSR count). The van der Waals surface area contributed by atoms with Crippen LogP contribution in [0.4, 0.5) is 0 Å². The molecule has 0 amide bonds. The average molecular weight is 938 g/mol. The first kappa shape index (κ1) is 43.7. The van der Waals surface area contributed by atoms with Gasteiger partial charge in [-0.25, -0.2) is 0 Å². The molecule has 286 valence electrons. The van der Waals surface area contributed by atoms with Crippen LogP contribution in [-0.4, -0.2) is 0 Å². The van der Waals surface area contributed by atoms with Gasteiger partial charge in [0.05, 0.1) is 6.07 Å². The smallest absolute Gasteiger partial charge is 0.0587 e. The van der Waals surface area contributed by atoms with Gasteiger partial charge in [-0.15, -0.1) is 0 Å². The van der Waals surface area contributed by atoms with Gasteiger partial charge in [-0.05, 0) is 93.1 Å². The number of hydrogen-bond acceptors (Lipinski definition) is 1. The number of rotatable bonds is 4. The molecule has 60 heavy (non-hydrogen) atoms. The molecule has 1 aliphatic rings. The van der Waals surface area contributed by atoms with Gasteiger partial charge in [0.15, 0.2) is 0 Å². The van der Waals surface area contributed by atoms with E-state index < -0.39 is 0 Å². The van der Waals surface area contributed by atoms with Crippen molar-refractivity contribution in [2.45, 2.75) is 6.92 Å². The fourth-order valence-electron chi connectivity index (χ4n) is 6.39. The standard InChI is InChI=1S/C28H20.2C14H10.C2H3N.W/c1-5-13-21(14-6-1)25-26(22-15-7-2-8-16-22)28(24-19-11-4-12-20-24)27(25)23-17-9-3-10-18-23;2*1-3-7-13(8-4-1)11-12-14-9-5-2-6-10-14;1-2-3;/h1-20H;2*1-10H;1H3;. The topological polar surface area (TPSA) is 23.8 Å². The molecule has 8 aromatic rings. The first-order chi connectivity index (χ1) is 29.2. The molecule has 0 heterocycles. The van der Waals surface area contributed by atoms with E-state index in [-0.39, 0.29) is 21.1 Å². The summed E-state index contributed by atoms with van der Waals surface area (Å²) in [5, 5.41) is 7.32. The van der Waals surface area contributed by atoms with Crippen molar-refractivity contribution < 1.29 is 21.1 Å². The predicted octanol–water partition coefficient (Wildman–Crippen LogP) is 13.9. The van der Waals surface area contributed by atoms with Crippen molar-refractivity contribution >= 4 is 22.3 Å². The molecule has 0 aliphatic heterocycles. The van der Waals surface area contributed by atoms with E-state index in [1.165, 1.54) is 51.5 Å². The fraction of sp³-hybridized carbons (Fsp3) is 0.0172. The predicted molar refractivity (Wildman–Crippen MR) is 248 cm³/mol. The summed E-state index contributed by atoms with van der Waals surface area (Å²) in [4.78, 5) is 0. The normalized spacial score (nSPS) is 10.5. The number of benzene rings is 8. The zero-order valence-electron chi connectivity index (χ0n) is 33.4. The second-order valence-corrected chi connectivity index (χ2v) is 13.2. The second-order valence-electron chi connectivity index (χ2n) is 13.2. The van der Waals surface area contributed by atoms with Crippen LogP contribution in [-0.2, 0) is 21.1 Å². The summed E-state index contributed by atoms with van der Waals surface area (Å²) in [5.74, 6) is 12.4. The van der Waals surface area contributed by atoms with Gasteiger partial charge in [0.25, 0.3) is 0 Å². The monoisotopic (exact) mass is 937 g/mol. The molecule has 0 spiro atoms. The van der Waals surface area contributed by atoms with Crippen molar-refractivity contribution in [1.29, 1.82) is 5.26 Å². The SMILES string of the molecule is C(#Cc1ccccc1)c1ccccc1.C(#Cc1ccccc1)c1ccccc1.CC#N.[W].c1ccc(C2=C(c3ccccc3)C(c3ccccc3)=C2c2ccccc2)cc1. The minimum atomic E-state index is 0. The number of nitrogens with zero attached hydrogens (tertiary/aromatic N) is 1. The molecule has 0 unspecified atom stereocenters. The van der Waals surface area contributed by atoms with Crippen LogP contribution in [0.3, 0.4) is 0 Å². The summed E-state index contributed by atoms with van der Waals surface area (Å²) in [6.45, 7) is 1.43. The Hall–Kier alpha value is -7.46. The van der Waals surface area contributed by atoms with Crippen LogP contribution in [0.1, 0.15) is 51.4 Å². The first-order valence-electron chi connectivity index (χ1n) is 19.5. The summed E-state index contributed by atoms with van der Waals surface area (Å²) >= 11 is 0. The Kier molecular flexibility index (Phi) is 17.7. The molecule has 0 N–H and O–H groups in total. The maximum atomic E-state index is 7.32. The molecule has 1 aliphatic carbocycles. The zero-order chi connectivity index (χ0) is 40.7. The first-order valence-corrected chi connectivity index (χ1v) is 19.5. The van der Waals surface area contributed by atoms with E-state index in [2.05, 4.69) is 145 Å². The summed E-state index contributed by atoms with van der Waals surface area (Å²) in [6, 6.07) is 84.7. The summed E-state index contributed by atoms with van der Waals surface area (Å²) in [7, 11) is 0. The number of allylic oxidation sites excluding steroid dienone is 4. The van der Waals surface area contributed by atoms with Crippen LogP contribution < -0.4 is 0 Å². The van der Waals surface area contributed by atoms with E-state index in [0.29, 0.717) is 0 Å². The third-order valence-corrected chi connectivity index (χ3v) is 9.05. The molecule has 0 fully saturated rings. The van der Waals surface area contributed by atoms with E-state index in [9.17, 15) is 0 Å². The van der Waals surface area contributed by atoms with Gasteiger partial charge in [-0.3, -0.25) is 0 Å². The fourth-order valence-corrected chi connectivity index (χ4v) is 6.39. The van der Waals surface area contributed by atoms with Crippen LogP contribution in [0.2, 0.25) is 0 Å². The maximum absolute atomic E-state index is 7.32. The Labute approximate surface area is 370 Å². The molecule has 0 aromatic heterocycles. The molecule has 0 bridgehead atoms. The molecule has 8 aromatic carbocycles. The van der Waals surface area contributed by atoms with E-state index in [4.69, 9.17) is 5.26 Å². The van der Waals surface area contributed by atoms with Gasteiger partial charge in [-0.1, -0.05) is 218 Å². The van der Waals surface area contributed by atoms with Crippen molar-refractivity contribution in [2.75, 3.05) is 0 Å². The molecule has 0 saturated carbocycles. The van der Waals surface area contributed by atoms with E-state index in [1.807, 2.05) is 121 Å². The van der Waals surface area contributed by atoms with Crippen molar-refractivity contribution in [3.63, 3.8) is 0 Å². The van der Waals surface area contributed by atoms with Gasteiger partial charge in [0.2, 0.25) is 0 Å². The van der Waals surface area contributed by atoms with Crippen LogP contribution in [0.15, 0.2) is 243 Å². The Balaban J connectivity index is 0.000000180. The Morgan fingerprint density at radius 2 is 0.383 bits per heavy atom. The van der Waals surface area contributed by atoms with Crippen LogP contribution in [0.25, 0.3) is 22.3 Å². The summed E-state index contributed by atoms with van der Waals surface area (Å²) in [6.07, 6.45) is 0. The van der Waals surface area contributed by atoms with E-state index in [0.717, 1.165) is 22.3 Å².